The van der Waals surface area contributed by atoms with E-state index in [0.29, 0.717) is 10.8 Å². The van der Waals surface area contributed by atoms with E-state index in [1.165, 1.54) is 0 Å². The summed E-state index contributed by atoms with van der Waals surface area (Å²) in [5.74, 6) is 1.31. The van der Waals surface area contributed by atoms with Crippen LogP contribution in [0, 0.1) is 0 Å². The molecule has 2 aromatic carbocycles. The van der Waals surface area contributed by atoms with Crippen LogP contribution in [-0.2, 0) is 4.79 Å². The summed E-state index contributed by atoms with van der Waals surface area (Å²) in [6.45, 7) is 0.733. The lowest BCUT2D eigenvalue weighted by Crippen LogP contribution is -2.34. The number of rotatable bonds is 5. The van der Waals surface area contributed by atoms with E-state index in [-0.39, 0.29) is 18.6 Å². The third-order valence-electron chi connectivity index (χ3n) is 4.24. The molecule has 0 bridgehead atoms. The second-order valence-corrected chi connectivity index (χ2v) is 6.15. The van der Waals surface area contributed by atoms with Gasteiger partial charge < -0.3 is 14.4 Å². The molecule has 1 heterocycles. The molecule has 1 unspecified atom stereocenters. The fraction of sp³-hybridized carbons (Fsp3) is 0.316. The van der Waals surface area contributed by atoms with Gasteiger partial charge in [0.15, 0.2) is 6.61 Å². The summed E-state index contributed by atoms with van der Waals surface area (Å²) in [6, 6.07) is 15.1. The van der Waals surface area contributed by atoms with Crippen molar-refractivity contribution in [2.75, 3.05) is 20.3 Å². The first-order valence-electron chi connectivity index (χ1n) is 8.00. The molecule has 0 spiro atoms. The largest absolute Gasteiger partial charge is 0.497 e. The van der Waals surface area contributed by atoms with Gasteiger partial charge in [-0.05, 0) is 42.7 Å². The smallest absolute Gasteiger partial charge is 0.261 e. The molecule has 1 saturated heterocycles. The van der Waals surface area contributed by atoms with E-state index in [9.17, 15) is 4.79 Å². The van der Waals surface area contributed by atoms with Crippen LogP contribution < -0.4 is 9.47 Å². The summed E-state index contributed by atoms with van der Waals surface area (Å²) in [5.41, 5.74) is 1.10. The van der Waals surface area contributed by atoms with Crippen molar-refractivity contribution in [2.45, 2.75) is 18.9 Å². The Morgan fingerprint density at radius 3 is 2.88 bits per heavy atom. The molecule has 1 aliphatic heterocycles. The van der Waals surface area contributed by atoms with Gasteiger partial charge in [-0.2, -0.15) is 0 Å². The van der Waals surface area contributed by atoms with Crippen molar-refractivity contribution < 1.29 is 14.3 Å². The monoisotopic (exact) mass is 345 g/mol. The van der Waals surface area contributed by atoms with Crippen molar-refractivity contribution in [3.8, 4) is 11.5 Å². The Hall–Kier alpha value is -2.20. The first kappa shape index (κ1) is 16.7. The average Bonchev–Trinajstić information content (AvgIpc) is 3.11. The minimum Gasteiger partial charge on any atom is -0.497 e. The number of likely N-dealkylation sites (tertiary alicyclic amines) is 1. The number of hydrogen-bond acceptors (Lipinski definition) is 3. The zero-order chi connectivity index (χ0) is 16.9. The number of carbonyl (C=O) groups excluding carboxylic acids is 1. The van der Waals surface area contributed by atoms with Gasteiger partial charge in [0.25, 0.3) is 5.91 Å². The van der Waals surface area contributed by atoms with Crippen LogP contribution in [0.4, 0.5) is 0 Å². The first-order chi connectivity index (χ1) is 11.7. The van der Waals surface area contributed by atoms with Gasteiger partial charge in [0.1, 0.15) is 11.5 Å². The number of hydrogen-bond donors (Lipinski definition) is 0. The van der Waals surface area contributed by atoms with Crippen LogP contribution in [0.3, 0.4) is 0 Å². The highest BCUT2D eigenvalue weighted by Crippen LogP contribution is 2.33. The average molecular weight is 346 g/mol. The summed E-state index contributed by atoms with van der Waals surface area (Å²) < 4.78 is 10.9. The quantitative estimate of drug-likeness (QED) is 0.819. The number of methoxy groups -OCH3 is 1. The van der Waals surface area contributed by atoms with E-state index in [1.54, 1.807) is 19.2 Å². The lowest BCUT2D eigenvalue weighted by atomic mass is 10.0. The van der Waals surface area contributed by atoms with Crippen LogP contribution in [-0.4, -0.2) is 31.1 Å². The maximum Gasteiger partial charge on any atom is 0.261 e. The number of para-hydroxylation sites is 1. The fourth-order valence-electron chi connectivity index (χ4n) is 3.04. The molecule has 0 saturated carbocycles. The molecule has 4 nitrogen and oxygen atoms in total. The van der Waals surface area contributed by atoms with Crippen LogP contribution in [0.5, 0.6) is 11.5 Å². The molecule has 1 atom stereocenters. The molecule has 1 aliphatic rings. The zero-order valence-corrected chi connectivity index (χ0v) is 14.3. The number of ether oxygens (including phenoxy) is 2. The summed E-state index contributed by atoms with van der Waals surface area (Å²) in [6.07, 6.45) is 1.94. The Balaban J connectivity index is 1.68. The van der Waals surface area contributed by atoms with Crippen LogP contribution in [0.15, 0.2) is 48.5 Å². The zero-order valence-electron chi connectivity index (χ0n) is 13.6. The Bertz CT molecular complexity index is 719. The molecular formula is C19H20ClNO3. The molecule has 0 aromatic heterocycles. The molecule has 126 valence electrons. The number of nitrogens with zero attached hydrogens (tertiary/aromatic N) is 1. The Kier molecular flexibility index (Phi) is 5.26. The highest BCUT2D eigenvalue weighted by atomic mass is 35.5. The van der Waals surface area contributed by atoms with Crippen molar-refractivity contribution in [2.24, 2.45) is 0 Å². The van der Waals surface area contributed by atoms with E-state index in [4.69, 9.17) is 21.1 Å². The predicted octanol–water partition coefficient (Wildman–Crippen LogP) is 4.09. The van der Waals surface area contributed by atoms with Crippen LogP contribution in [0.1, 0.15) is 24.4 Å². The maximum absolute atomic E-state index is 12.6. The van der Waals surface area contributed by atoms with Crippen molar-refractivity contribution in [1.29, 1.82) is 0 Å². The second kappa shape index (κ2) is 7.58. The van der Waals surface area contributed by atoms with Gasteiger partial charge in [-0.3, -0.25) is 4.79 Å². The molecule has 0 aliphatic carbocycles. The molecule has 0 N–H and O–H groups in total. The minimum absolute atomic E-state index is 0.00972. The highest BCUT2D eigenvalue weighted by molar-refractivity contribution is 6.32. The molecule has 1 amide bonds. The van der Waals surface area contributed by atoms with Crippen molar-refractivity contribution in [1.82, 2.24) is 4.90 Å². The summed E-state index contributed by atoms with van der Waals surface area (Å²) in [5, 5.41) is 0.510. The molecule has 1 fully saturated rings. The summed E-state index contributed by atoms with van der Waals surface area (Å²) >= 11 is 6.06. The fourth-order valence-corrected chi connectivity index (χ4v) is 3.24. The topological polar surface area (TPSA) is 38.8 Å². The Morgan fingerprint density at radius 1 is 1.25 bits per heavy atom. The van der Waals surface area contributed by atoms with Crippen LogP contribution >= 0.6 is 11.6 Å². The van der Waals surface area contributed by atoms with E-state index < -0.39 is 0 Å². The van der Waals surface area contributed by atoms with Crippen LogP contribution in [0.25, 0.3) is 0 Å². The van der Waals surface area contributed by atoms with Gasteiger partial charge in [0.2, 0.25) is 0 Å². The van der Waals surface area contributed by atoms with Gasteiger partial charge in [-0.1, -0.05) is 35.9 Å². The normalized spacial score (nSPS) is 16.9. The standard InChI is InChI=1S/C19H20ClNO3/c1-23-15-7-4-6-14(12-15)17-9-5-11-21(17)19(22)13-24-18-10-3-2-8-16(18)20/h2-4,6-8,10,12,17H,5,9,11,13H2,1H3. The lowest BCUT2D eigenvalue weighted by Gasteiger charge is -2.25. The molecule has 0 radical (unpaired) electrons. The summed E-state index contributed by atoms with van der Waals surface area (Å²) in [4.78, 5) is 14.5. The van der Waals surface area contributed by atoms with Crippen molar-refractivity contribution in [3.05, 3.63) is 59.1 Å². The highest BCUT2D eigenvalue weighted by Gasteiger charge is 2.30. The second-order valence-electron chi connectivity index (χ2n) is 5.74. The molecule has 2 aromatic rings. The van der Waals surface area contributed by atoms with Gasteiger partial charge in [0, 0.05) is 6.54 Å². The van der Waals surface area contributed by atoms with Gasteiger partial charge in [0.05, 0.1) is 18.2 Å². The SMILES string of the molecule is COc1cccc(C2CCCN2C(=O)COc2ccccc2Cl)c1. The van der Waals surface area contributed by atoms with Gasteiger partial charge >= 0.3 is 0 Å². The number of carbonyl (C=O) groups is 1. The summed E-state index contributed by atoms with van der Waals surface area (Å²) in [7, 11) is 1.65. The lowest BCUT2D eigenvalue weighted by molar-refractivity contribution is -0.134. The Labute approximate surface area is 146 Å². The van der Waals surface area contributed by atoms with E-state index in [1.807, 2.05) is 41.3 Å². The third kappa shape index (κ3) is 3.65. The predicted molar refractivity (Wildman–Crippen MR) is 93.6 cm³/mol. The number of benzene rings is 2. The van der Waals surface area contributed by atoms with Crippen LogP contribution in [0.2, 0.25) is 5.02 Å². The Morgan fingerprint density at radius 2 is 2.08 bits per heavy atom. The van der Waals surface area contributed by atoms with Gasteiger partial charge in [-0.15, -0.1) is 0 Å². The first-order valence-corrected chi connectivity index (χ1v) is 8.37. The molecule has 24 heavy (non-hydrogen) atoms. The van der Waals surface area contributed by atoms with Crippen molar-refractivity contribution in [3.63, 3.8) is 0 Å². The number of halogens is 1. The molecule has 3 rings (SSSR count). The third-order valence-corrected chi connectivity index (χ3v) is 4.55. The van der Waals surface area contributed by atoms with Gasteiger partial charge in [-0.25, -0.2) is 0 Å². The molecular weight excluding hydrogens is 326 g/mol. The van der Waals surface area contributed by atoms with E-state index >= 15 is 0 Å². The molecule has 5 heteroatoms. The van der Waals surface area contributed by atoms with E-state index in [0.717, 1.165) is 30.7 Å². The maximum atomic E-state index is 12.6. The van der Waals surface area contributed by atoms with Crippen molar-refractivity contribution >= 4 is 17.5 Å². The van der Waals surface area contributed by atoms with E-state index in [2.05, 4.69) is 0 Å². The minimum atomic E-state index is -0.0276. The number of amides is 1.